The maximum absolute atomic E-state index is 11.4. The van der Waals surface area contributed by atoms with Crippen LogP contribution in [0.4, 0.5) is 4.79 Å². The molecule has 0 saturated carbocycles. The van der Waals surface area contributed by atoms with Crippen molar-refractivity contribution in [3.63, 3.8) is 0 Å². The molecule has 0 aromatic heterocycles. The van der Waals surface area contributed by atoms with Gasteiger partial charge in [-0.15, -0.1) is 0 Å². The molecule has 0 heterocycles. The van der Waals surface area contributed by atoms with E-state index in [2.05, 4.69) is 10.6 Å². The van der Waals surface area contributed by atoms with E-state index in [1.54, 1.807) is 0 Å². The Bertz CT molecular complexity index is 321. The van der Waals surface area contributed by atoms with Crippen LogP contribution in [0.5, 0.6) is 0 Å². The largest absolute Gasteiger partial charge is 0.481 e. The second kappa shape index (κ2) is 11.0. The first-order chi connectivity index (χ1) is 9.47. The van der Waals surface area contributed by atoms with Crippen LogP contribution in [-0.4, -0.2) is 54.0 Å². The van der Waals surface area contributed by atoms with Crippen LogP contribution in [0.2, 0.25) is 0 Å². The number of aliphatic carboxylic acids is 2. The molecule has 2 amide bonds. The number of urea groups is 1. The molecule has 0 aliphatic heterocycles. The number of carboxylic acids is 2. The lowest BCUT2D eigenvalue weighted by Crippen LogP contribution is -2.46. The molecule has 1 atom stereocenters. The standard InChI is InChI=1S/C12H22N2O6/c1-2-3-7-20-8-6-13-12(19)14-9(11(17)18)4-5-10(15)16/h9H,2-8H2,1H3,(H,15,16)(H,17,18)(H2,13,14,19)/t9-/m0/s1. The zero-order chi connectivity index (χ0) is 15.4. The molecular formula is C12H22N2O6. The summed E-state index contributed by atoms with van der Waals surface area (Å²) in [5.74, 6) is -2.37. The van der Waals surface area contributed by atoms with Crippen LogP contribution >= 0.6 is 0 Å². The van der Waals surface area contributed by atoms with Gasteiger partial charge in [-0.25, -0.2) is 9.59 Å². The van der Waals surface area contributed by atoms with Gasteiger partial charge in [-0.3, -0.25) is 4.79 Å². The van der Waals surface area contributed by atoms with E-state index in [1.165, 1.54) is 0 Å². The molecule has 20 heavy (non-hydrogen) atoms. The van der Waals surface area contributed by atoms with Crippen molar-refractivity contribution >= 4 is 18.0 Å². The Labute approximate surface area is 117 Å². The molecular weight excluding hydrogens is 268 g/mol. The van der Waals surface area contributed by atoms with Gasteiger partial charge in [0.05, 0.1) is 6.61 Å². The number of ether oxygens (including phenoxy) is 1. The molecule has 0 bridgehead atoms. The van der Waals surface area contributed by atoms with Gasteiger partial charge in [0.25, 0.3) is 0 Å². The van der Waals surface area contributed by atoms with Crippen LogP contribution in [0.3, 0.4) is 0 Å². The molecule has 8 heteroatoms. The lowest BCUT2D eigenvalue weighted by Gasteiger charge is -2.14. The Balaban J connectivity index is 3.84. The fraction of sp³-hybridized carbons (Fsp3) is 0.750. The number of nitrogens with one attached hydrogen (secondary N) is 2. The second-order valence-electron chi connectivity index (χ2n) is 4.19. The van der Waals surface area contributed by atoms with Gasteiger partial charge >= 0.3 is 18.0 Å². The number of unbranched alkanes of at least 4 members (excludes halogenated alkanes) is 1. The number of amides is 2. The summed E-state index contributed by atoms with van der Waals surface area (Å²) in [6, 6.07) is -1.87. The van der Waals surface area contributed by atoms with E-state index < -0.39 is 24.0 Å². The van der Waals surface area contributed by atoms with Gasteiger partial charge in [-0.1, -0.05) is 13.3 Å². The molecule has 0 radical (unpaired) electrons. The summed E-state index contributed by atoms with van der Waals surface area (Å²) < 4.78 is 5.22. The molecule has 0 unspecified atom stereocenters. The van der Waals surface area contributed by atoms with Crippen molar-refractivity contribution in [1.29, 1.82) is 0 Å². The molecule has 4 N–H and O–H groups in total. The fourth-order valence-electron chi connectivity index (χ4n) is 1.32. The smallest absolute Gasteiger partial charge is 0.326 e. The van der Waals surface area contributed by atoms with Gasteiger partial charge in [0, 0.05) is 19.6 Å². The van der Waals surface area contributed by atoms with Crippen LogP contribution in [0.15, 0.2) is 0 Å². The summed E-state index contributed by atoms with van der Waals surface area (Å²) in [5.41, 5.74) is 0. The number of carboxylic acid groups (broad SMARTS) is 2. The van der Waals surface area contributed by atoms with Crippen molar-refractivity contribution in [1.82, 2.24) is 10.6 Å². The number of carbonyl (C=O) groups excluding carboxylic acids is 1. The predicted molar refractivity (Wildman–Crippen MR) is 70.6 cm³/mol. The maximum Gasteiger partial charge on any atom is 0.326 e. The van der Waals surface area contributed by atoms with Crippen molar-refractivity contribution in [3.8, 4) is 0 Å². The van der Waals surface area contributed by atoms with Gasteiger partial charge in [0.2, 0.25) is 0 Å². The fourth-order valence-corrected chi connectivity index (χ4v) is 1.32. The molecule has 0 rings (SSSR count). The summed E-state index contributed by atoms with van der Waals surface area (Å²) in [6.07, 6.45) is 1.49. The summed E-state index contributed by atoms with van der Waals surface area (Å²) >= 11 is 0. The Morgan fingerprint density at radius 2 is 1.90 bits per heavy atom. The van der Waals surface area contributed by atoms with E-state index in [-0.39, 0.29) is 19.4 Å². The van der Waals surface area contributed by atoms with Crippen molar-refractivity contribution < 1.29 is 29.3 Å². The lowest BCUT2D eigenvalue weighted by molar-refractivity contribution is -0.140. The second-order valence-corrected chi connectivity index (χ2v) is 4.19. The van der Waals surface area contributed by atoms with E-state index in [9.17, 15) is 14.4 Å². The number of rotatable bonds is 11. The first kappa shape index (κ1) is 18.2. The molecule has 0 saturated heterocycles. The Morgan fingerprint density at radius 1 is 1.20 bits per heavy atom. The predicted octanol–water partition coefficient (Wildman–Crippen LogP) is 0.420. The van der Waals surface area contributed by atoms with E-state index in [0.29, 0.717) is 13.2 Å². The maximum atomic E-state index is 11.4. The van der Waals surface area contributed by atoms with E-state index in [1.807, 2.05) is 6.92 Å². The molecule has 0 aromatic carbocycles. The van der Waals surface area contributed by atoms with Gasteiger partial charge in [-0.05, 0) is 12.8 Å². The van der Waals surface area contributed by atoms with E-state index >= 15 is 0 Å². The molecule has 116 valence electrons. The Kier molecular flexibility index (Phi) is 10.0. The van der Waals surface area contributed by atoms with Crippen LogP contribution < -0.4 is 10.6 Å². The third-order valence-corrected chi connectivity index (χ3v) is 2.42. The summed E-state index contributed by atoms with van der Waals surface area (Å²) in [7, 11) is 0. The molecule has 0 aromatic rings. The number of hydrogen-bond acceptors (Lipinski definition) is 4. The minimum atomic E-state index is -1.26. The minimum absolute atomic E-state index is 0.162. The van der Waals surface area contributed by atoms with E-state index in [0.717, 1.165) is 12.8 Å². The Morgan fingerprint density at radius 3 is 2.45 bits per heavy atom. The number of carbonyl (C=O) groups is 3. The van der Waals surface area contributed by atoms with Crippen molar-refractivity contribution in [2.24, 2.45) is 0 Å². The highest BCUT2D eigenvalue weighted by atomic mass is 16.5. The Hall–Kier alpha value is -1.83. The van der Waals surface area contributed by atoms with Crippen molar-refractivity contribution in [2.75, 3.05) is 19.8 Å². The van der Waals surface area contributed by atoms with Crippen LogP contribution in [-0.2, 0) is 14.3 Å². The monoisotopic (exact) mass is 290 g/mol. The first-order valence-corrected chi connectivity index (χ1v) is 6.54. The SMILES string of the molecule is CCCCOCCNC(=O)N[C@@H](CCC(=O)O)C(=O)O. The van der Waals surface area contributed by atoms with Crippen molar-refractivity contribution in [2.45, 2.75) is 38.6 Å². The highest BCUT2D eigenvalue weighted by molar-refractivity contribution is 5.82. The van der Waals surface area contributed by atoms with Gasteiger partial charge in [0.1, 0.15) is 6.04 Å². The summed E-state index contributed by atoms with van der Waals surface area (Å²) in [5, 5.41) is 22.0. The van der Waals surface area contributed by atoms with Crippen molar-refractivity contribution in [3.05, 3.63) is 0 Å². The minimum Gasteiger partial charge on any atom is -0.481 e. The summed E-state index contributed by atoms with van der Waals surface area (Å²) in [6.45, 7) is 3.27. The van der Waals surface area contributed by atoms with Gasteiger partial charge in [0.15, 0.2) is 0 Å². The lowest BCUT2D eigenvalue weighted by atomic mass is 10.1. The molecule has 0 aliphatic carbocycles. The highest BCUT2D eigenvalue weighted by Crippen LogP contribution is 1.97. The number of hydrogen-bond donors (Lipinski definition) is 4. The first-order valence-electron chi connectivity index (χ1n) is 6.54. The van der Waals surface area contributed by atoms with Crippen LogP contribution in [0.25, 0.3) is 0 Å². The highest BCUT2D eigenvalue weighted by Gasteiger charge is 2.20. The van der Waals surface area contributed by atoms with Gasteiger partial charge in [-0.2, -0.15) is 0 Å². The van der Waals surface area contributed by atoms with Crippen LogP contribution in [0, 0.1) is 0 Å². The van der Waals surface area contributed by atoms with Crippen LogP contribution in [0.1, 0.15) is 32.6 Å². The van der Waals surface area contributed by atoms with E-state index in [4.69, 9.17) is 14.9 Å². The average Bonchev–Trinajstić information content (AvgIpc) is 2.38. The third kappa shape index (κ3) is 10.1. The quantitative estimate of drug-likeness (QED) is 0.409. The normalized spacial score (nSPS) is 11.7. The zero-order valence-corrected chi connectivity index (χ0v) is 11.6. The molecule has 0 fully saturated rings. The van der Waals surface area contributed by atoms with Gasteiger partial charge < -0.3 is 25.6 Å². The average molecular weight is 290 g/mol. The topological polar surface area (TPSA) is 125 Å². The summed E-state index contributed by atoms with van der Waals surface area (Å²) in [4.78, 5) is 32.6. The molecule has 0 spiro atoms. The third-order valence-electron chi connectivity index (χ3n) is 2.42. The molecule has 0 aliphatic rings. The molecule has 8 nitrogen and oxygen atoms in total. The zero-order valence-electron chi connectivity index (χ0n) is 11.6.